The quantitative estimate of drug-likeness (QED) is 0.761. The Kier molecular flexibility index (Phi) is 6.84. The minimum atomic E-state index is -0.667. The van der Waals surface area contributed by atoms with Crippen molar-refractivity contribution in [3.8, 4) is 0 Å². The largest absolute Gasteiger partial charge is 0.472 e. The van der Waals surface area contributed by atoms with Crippen LogP contribution < -0.4 is 10.6 Å². The molecule has 7 heteroatoms. The molecule has 1 aliphatic heterocycles. The van der Waals surface area contributed by atoms with Crippen molar-refractivity contribution in [2.75, 3.05) is 32.8 Å². The van der Waals surface area contributed by atoms with Gasteiger partial charge in [-0.3, -0.25) is 14.5 Å². The zero-order valence-corrected chi connectivity index (χ0v) is 16.3. The molecule has 1 aromatic heterocycles. The Morgan fingerprint density at radius 1 is 1.11 bits per heavy atom. The normalized spacial score (nSPS) is 16.9. The number of nitrogens with one attached hydrogen (secondary N) is 2. The summed E-state index contributed by atoms with van der Waals surface area (Å²) in [5.41, 5.74) is 2.60. The number of hydrogen-bond acceptors (Lipinski definition) is 5. The minimum Gasteiger partial charge on any atom is -0.472 e. The first-order chi connectivity index (χ1) is 13.5. The van der Waals surface area contributed by atoms with Gasteiger partial charge in [-0.25, -0.2) is 0 Å². The fourth-order valence-electron chi connectivity index (χ4n) is 3.11. The second kappa shape index (κ2) is 9.52. The monoisotopic (exact) mass is 385 g/mol. The number of carbonyl (C=O) groups excluding carboxylic acids is 2. The average Bonchev–Trinajstić information content (AvgIpc) is 3.24. The van der Waals surface area contributed by atoms with Gasteiger partial charge in [0.2, 0.25) is 5.91 Å². The third-order valence-electron chi connectivity index (χ3n) is 4.86. The van der Waals surface area contributed by atoms with Crippen molar-refractivity contribution in [3.05, 3.63) is 59.5 Å². The highest BCUT2D eigenvalue weighted by Crippen LogP contribution is 2.17. The van der Waals surface area contributed by atoms with E-state index in [9.17, 15) is 9.59 Å². The summed E-state index contributed by atoms with van der Waals surface area (Å²) in [7, 11) is 0. The maximum Gasteiger partial charge on any atom is 0.255 e. The van der Waals surface area contributed by atoms with Crippen LogP contribution in [0.5, 0.6) is 0 Å². The number of ether oxygens (including phenoxy) is 1. The Morgan fingerprint density at radius 2 is 1.82 bits per heavy atom. The van der Waals surface area contributed by atoms with Crippen LogP contribution in [0.25, 0.3) is 0 Å². The fourth-order valence-corrected chi connectivity index (χ4v) is 3.11. The number of rotatable bonds is 7. The van der Waals surface area contributed by atoms with Gasteiger partial charge < -0.3 is 19.8 Å². The number of amides is 2. The SMILES string of the molecule is Cc1ccc([C@@H](CN2CCOCC2)NC(=O)[C@H](C)NC(=O)c2ccoc2)cc1. The molecule has 1 fully saturated rings. The molecule has 1 aliphatic rings. The minimum absolute atomic E-state index is 0.167. The van der Waals surface area contributed by atoms with E-state index in [1.54, 1.807) is 13.0 Å². The molecule has 0 bridgehead atoms. The Labute approximate surface area is 165 Å². The summed E-state index contributed by atoms with van der Waals surface area (Å²) in [6.07, 6.45) is 2.78. The van der Waals surface area contributed by atoms with Gasteiger partial charge in [-0.15, -0.1) is 0 Å². The van der Waals surface area contributed by atoms with E-state index >= 15 is 0 Å². The lowest BCUT2D eigenvalue weighted by atomic mass is 10.0. The van der Waals surface area contributed by atoms with E-state index in [1.165, 1.54) is 18.1 Å². The number of morpholine rings is 1. The molecule has 0 unspecified atom stereocenters. The van der Waals surface area contributed by atoms with Gasteiger partial charge in [0.1, 0.15) is 12.3 Å². The summed E-state index contributed by atoms with van der Waals surface area (Å²) < 4.78 is 10.3. The standard InChI is InChI=1S/C21H27N3O4/c1-15-3-5-17(6-4-15)19(13-24-8-11-27-12-9-24)23-20(25)16(2)22-21(26)18-7-10-28-14-18/h3-7,10,14,16,19H,8-9,11-13H2,1-2H3,(H,22,26)(H,23,25)/t16-,19+/m0/s1. The predicted octanol–water partition coefficient (Wildman–Crippen LogP) is 1.90. The first kappa shape index (κ1) is 20.1. The van der Waals surface area contributed by atoms with Crippen molar-refractivity contribution >= 4 is 11.8 Å². The van der Waals surface area contributed by atoms with Crippen LogP contribution in [0.3, 0.4) is 0 Å². The van der Waals surface area contributed by atoms with Crippen molar-refractivity contribution in [1.29, 1.82) is 0 Å². The molecule has 1 aromatic carbocycles. The lowest BCUT2D eigenvalue weighted by molar-refractivity contribution is -0.123. The highest BCUT2D eigenvalue weighted by atomic mass is 16.5. The average molecular weight is 385 g/mol. The Balaban J connectivity index is 1.65. The molecule has 150 valence electrons. The van der Waals surface area contributed by atoms with Crippen LogP contribution in [0, 0.1) is 6.92 Å². The lowest BCUT2D eigenvalue weighted by Gasteiger charge is -2.31. The summed E-state index contributed by atoms with van der Waals surface area (Å²) in [6, 6.07) is 8.88. The molecular weight excluding hydrogens is 358 g/mol. The molecule has 2 amide bonds. The van der Waals surface area contributed by atoms with Crippen LogP contribution in [0.2, 0.25) is 0 Å². The van der Waals surface area contributed by atoms with Crippen molar-refractivity contribution in [3.63, 3.8) is 0 Å². The molecule has 7 nitrogen and oxygen atoms in total. The molecule has 2 N–H and O–H groups in total. The van der Waals surface area contributed by atoms with E-state index < -0.39 is 6.04 Å². The molecule has 3 rings (SSSR count). The van der Waals surface area contributed by atoms with Gasteiger partial charge in [-0.1, -0.05) is 29.8 Å². The summed E-state index contributed by atoms with van der Waals surface area (Å²) in [4.78, 5) is 27.2. The van der Waals surface area contributed by atoms with Gasteiger partial charge in [0, 0.05) is 19.6 Å². The fraction of sp³-hybridized carbons (Fsp3) is 0.429. The second-order valence-electron chi connectivity index (χ2n) is 7.09. The first-order valence-corrected chi connectivity index (χ1v) is 9.53. The Hall–Kier alpha value is -2.64. The van der Waals surface area contributed by atoms with E-state index in [-0.39, 0.29) is 17.9 Å². The van der Waals surface area contributed by atoms with Gasteiger partial charge in [-0.05, 0) is 25.5 Å². The van der Waals surface area contributed by atoms with Gasteiger partial charge >= 0.3 is 0 Å². The van der Waals surface area contributed by atoms with E-state index in [0.29, 0.717) is 25.3 Å². The van der Waals surface area contributed by atoms with Crippen molar-refractivity contribution in [1.82, 2.24) is 15.5 Å². The topological polar surface area (TPSA) is 83.8 Å². The van der Waals surface area contributed by atoms with Crippen LogP contribution >= 0.6 is 0 Å². The molecular formula is C21H27N3O4. The van der Waals surface area contributed by atoms with Crippen LogP contribution in [-0.4, -0.2) is 55.6 Å². The van der Waals surface area contributed by atoms with Crippen molar-refractivity contribution in [2.24, 2.45) is 0 Å². The van der Waals surface area contributed by atoms with E-state index in [2.05, 4.69) is 15.5 Å². The summed E-state index contributed by atoms with van der Waals surface area (Å²) in [5, 5.41) is 5.80. The van der Waals surface area contributed by atoms with Gasteiger partial charge in [0.25, 0.3) is 5.91 Å². The summed E-state index contributed by atoms with van der Waals surface area (Å²) in [5.74, 6) is -0.563. The van der Waals surface area contributed by atoms with Gasteiger partial charge in [-0.2, -0.15) is 0 Å². The number of aryl methyl sites for hydroxylation is 1. The predicted molar refractivity (Wildman–Crippen MR) is 105 cm³/mol. The van der Waals surface area contributed by atoms with E-state index in [4.69, 9.17) is 9.15 Å². The lowest BCUT2D eigenvalue weighted by Crippen LogP contribution is -2.49. The summed E-state index contributed by atoms with van der Waals surface area (Å²) in [6.45, 7) is 7.48. The zero-order valence-electron chi connectivity index (χ0n) is 16.3. The highest BCUT2D eigenvalue weighted by Gasteiger charge is 2.24. The van der Waals surface area contributed by atoms with Crippen molar-refractivity contribution in [2.45, 2.75) is 25.9 Å². The smallest absolute Gasteiger partial charge is 0.255 e. The number of carbonyl (C=O) groups is 2. The molecule has 2 aromatic rings. The van der Waals surface area contributed by atoms with Crippen LogP contribution in [0.1, 0.15) is 34.5 Å². The van der Waals surface area contributed by atoms with Crippen molar-refractivity contribution < 1.29 is 18.7 Å². The molecule has 0 radical (unpaired) electrons. The molecule has 0 aliphatic carbocycles. The first-order valence-electron chi connectivity index (χ1n) is 9.53. The third-order valence-corrected chi connectivity index (χ3v) is 4.86. The second-order valence-corrected chi connectivity index (χ2v) is 7.09. The molecule has 0 saturated carbocycles. The number of furan rings is 1. The molecule has 2 heterocycles. The van der Waals surface area contributed by atoms with E-state index in [1.807, 2.05) is 31.2 Å². The number of benzene rings is 1. The molecule has 2 atom stereocenters. The maximum absolute atomic E-state index is 12.7. The third kappa shape index (κ3) is 5.43. The molecule has 28 heavy (non-hydrogen) atoms. The van der Waals surface area contributed by atoms with Crippen LogP contribution in [0.4, 0.5) is 0 Å². The molecule has 1 saturated heterocycles. The zero-order chi connectivity index (χ0) is 19.9. The van der Waals surface area contributed by atoms with Crippen LogP contribution in [-0.2, 0) is 9.53 Å². The Morgan fingerprint density at radius 3 is 2.46 bits per heavy atom. The van der Waals surface area contributed by atoms with Gasteiger partial charge in [0.15, 0.2) is 0 Å². The maximum atomic E-state index is 12.7. The molecule has 0 spiro atoms. The van der Waals surface area contributed by atoms with E-state index in [0.717, 1.165) is 18.7 Å². The summed E-state index contributed by atoms with van der Waals surface area (Å²) >= 11 is 0. The van der Waals surface area contributed by atoms with Crippen LogP contribution in [0.15, 0.2) is 47.3 Å². The number of nitrogens with zero attached hydrogens (tertiary/aromatic N) is 1. The number of hydrogen-bond donors (Lipinski definition) is 2. The Bertz CT molecular complexity index is 767. The highest BCUT2D eigenvalue weighted by molar-refractivity contribution is 5.97. The van der Waals surface area contributed by atoms with Gasteiger partial charge in [0.05, 0.1) is 31.1 Å².